The van der Waals surface area contributed by atoms with E-state index in [1.807, 2.05) is 37.3 Å². The smallest absolute Gasteiger partial charge is 0.272 e. The molecule has 3 aromatic rings. The topological polar surface area (TPSA) is 44.9 Å². The maximum atomic E-state index is 12.3. The van der Waals surface area contributed by atoms with Crippen molar-refractivity contribution in [3.8, 4) is 0 Å². The molecule has 21 heavy (non-hydrogen) atoms. The van der Waals surface area contributed by atoms with Gasteiger partial charge in [-0.25, -0.2) is 0 Å². The molecule has 0 atom stereocenters. The van der Waals surface area contributed by atoms with E-state index < -0.39 is 0 Å². The summed E-state index contributed by atoms with van der Waals surface area (Å²) >= 11 is 9.51. The highest BCUT2D eigenvalue weighted by molar-refractivity contribution is 9.10. The van der Waals surface area contributed by atoms with Gasteiger partial charge in [-0.3, -0.25) is 4.79 Å². The van der Waals surface area contributed by atoms with Gasteiger partial charge in [-0.15, -0.1) is 0 Å². The number of hydrogen-bond donors (Lipinski definition) is 2. The quantitative estimate of drug-likeness (QED) is 0.650. The number of aromatic nitrogens is 1. The number of fused-ring (bicyclic) bond motifs is 1. The van der Waals surface area contributed by atoms with Gasteiger partial charge in [0.05, 0.1) is 10.5 Å². The third kappa shape index (κ3) is 2.82. The lowest BCUT2D eigenvalue weighted by atomic mass is 10.2. The lowest BCUT2D eigenvalue weighted by molar-refractivity contribution is 0.102. The number of hydrogen-bond acceptors (Lipinski definition) is 1. The lowest BCUT2D eigenvalue weighted by Crippen LogP contribution is -2.13. The zero-order chi connectivity index (χ0) is 15.0. The highest BCUT2D eigenvalue weighted by Crippen LogP contribution is 2.25. The van der Waals surface area contributed by atoms with Gasteiger partial charge in [0.1, 0.15) is 5.69 Å². The molecule has 0 fully saturated rings. The third-order valence-corrected chi connectivity index (χ3v) is 4.09. The first-order valence-corrected chi connectivity index (χ1v) is 7.56. The molecule has 0 bridgehead atoms. The number of amides is 1. The second-order valence-corrected chi connectivity index (χ2v) is 6.12. The van der Waals surface area contributed by atoms with E-state index in [0.29, 0.717) is 10.7 Å². The Bertz CT molecular complexity index is 841. The van der Waals surface area contributed by atoms with Crippen LogP contribution in [-0.2, 0) is 0 Å². The summed E-state index contributed by atoms with van der Waals surface area (Å²) in [6, 6.07) is 13.1. The van der Waals surface area contributed by atoms with E-state index in [9.17, 15) is 4.79 Å². The van der Waals surface area contributed by atoms with E-state index in [1.165, 1.54) is 0 Å². The van der Waals surface area contributed by atoms with E-state index >= 15 is 0 Å². The van der Waals surface area contributed by atoms with Gasteiger partial charge in [0.15, 0.2) is 0 Å². The normalized spacial score (nSPS) is 10.8. The summed E-state index contributed by atoms with van der Waals surface area (Å²) in [5.74, 6) is -0.187. The minimum absolute atomic E-state index is 0.187. The molecule has 5 heteroatoms. The molecule has 0 aliphatic carbocycles. The van der Waals surface area contributed by atoms with E-state index in [1.54, 1.807) is 12.1 Å². The van der Waals surface area contributed by atoms with Gasteiger partial charge in [0, 0.05) is 15.5 Å². The zero-order valence-electron chi connectivity index (χ0n) is 11.2. The zero-order valence-corrected chi connectivity index (χ0v) is 13.5. The fourth-order valence-corrected chi connectivity index (χ4v) is 2.90. The molecule has 2 N–H and O–H groups in total. The van der Waals surface area contributed by atoms with Crippen LogP contribution in [0.4, 0.5) is 5.69 Å². The van der Waals surface area contributed by atoms with Crippen molar-refractivity contribution in [2.45, 2.75) is 6.92 Å². The van der Waals surface area contributed by atoms with Crippen molar-refractivity contribution in [1.82, 2.24) is 4.98 Å². The SMILES string of the molecule is Cc1cc(Br)ccc1NC(=O)c1cc2cccc(Cl)c2[nH]1. The number of para-hydroxylation sites is 1. The molecular formula is C16H12BrClN2O. The number of carbonyl (C=O) groups excluding carboxylic acids is 1. The Morgan fingerprint density at radius 2 is 2.05 bits per heavy atom. The summed E-state index contributed by atoms with van der Waals surface area (Å²) in [6.45, 7) is 1.95. The Morgan fingerprint density at radius 3 is 2.76 bits per heavy atom. The average molecular weight is 364 g/mol. The lowest BCUT2D eigenvalue weighted by Gasteiger charge is -2.07. The van der Waals surface area contributed by atoms with Crippen LogP contribution in [0.3, 0.4) is 0 Å². The number of halogens is 2. The molecule has 0 spiro atoms. The minimum Gasteiger partial charge on any atom is -0.349 e. The summed E-state index contributed by atoms with van der Waals surface area (Å²) in [5, 5.41) is 4.42. The summed E-state index contributed by atoms with van der Waals surface area (Å²) in [7, 11) is 0. The van der Waals surface area contributed by atoms with E-state index in [2.05, 4.69) is 26.2 Å². The molecule has 1 aromatic heterocycles. The first kappa shape index (κ1) is 14.2. The summed E-state index contributed by atoms with van der Waals surface area (Å²) in [5.41, 5.74) is 3.04. The largest absolute Gasteiger partial charge is 0.349 e. The second-order valence-electron chi connectivity index (χ2n) is 4.80. The van der Waals surface area contributed by atoms with Gasteiger partial charge in [-0.2, -0.15) is 0 Å². The van der Waals surface area contributed by atoms with Crippen molar-refractivity contribution in [2.75, 3.05) is 5.32 Å². The molecule has 3 rings (SSSR count). The van der Waals surface area contributed by atoms with Crippen molar-refractivity contribution in [3.05, 3.63) is 63.2 Å². The van der Waals surface area contributed by atoms with Crippen LogP contribution in [0.15, 0.2) is 46.9 Å². The summed E-state index contributed by atoms with van der Waals surface area (Å²) in [6.07, 6.45) is 0. The van der Waals surface area contributed by atoms with E-state index in [-0.39, 0.29) is 5.91 Å². The molecule has 0 radical (unpaired) electrons. The van der Waals surface area contributed by atoms with Crippen LogP contribution in [0.2, 0.25) is 5.02 Å². The highest BCUT2D eigenvalue weighted by Gasteiger charge is 2.12. The highest BCUT2D eigenvalue weighted by atomic mass is 79.9. The maximum absolute atomic E-state index is 12.3. The second kappa shape index (κ2) is 5.54. The molecule has 106 valence electrons. The molecule has 0 aliphatic rings. The van der Waals surface area contributed by atoms with Crippen molar-refractivity contribution < 1.29 is 4.79 Å². The minimum atomic E-state index is -0.187. The Hall–Kier alpha value is -1.78. The van der Waals surface area contributed by atoms with E-state index in [0.717, 1.165) is 26.6 Å². The number of nitrogens with one attached hydrogen (secondary N) is 2. The van der Waals surface area contributed by atoms with Crippen LogP contribution in [0.25, 0.3) is 10.9 Å². The van der Waals surface area contributed by atoms with Crippen molar-refractivity contribution in [1.29, 1.82) is 0 Å². The molecular weight excluding hydrogens is 352 g/mol. The van der Waals surface area contributed by atoms with Gasteiger partial charge in [-0.05, 0) is 42.8 Å². The number of carbonyl (C=O) groups is 1. The van der Waals surface area contributed by atoms with Gasteiger partial charge < -0.3 is 10.3 Å². The van der Waals surface area contributed by atoms with Crippen LogP contribution in [-0.4, -0.2) is 10.9 Å². The van der Waals surface area contributed by atoms with Gasteiger partial charge in [0.2, 0.25) is 0 Å². The van der Waals surface area contributed by atoms with Crippen LogP contribution in [0.5, 0.6) is 0 Å². The Balaban J connectivity index is 1.92. The molecule has 1 amide bonds. The van der Waals surface area contributed by atoms with Gasteiger partial charge >= 0.3 is 0 Å². The predicted octanol–water partition coefficient (Wildman–Crippen LogP) is 5.14. The number of anilines is 1. The molecule has 2 aromatic carbocycles. The first-order valence-electron chi connectivity index (χ1n) is 6.39. The molecule has 0 aliphatic heterocycles. The number of H-pyrrole nitrogens is 1. The third-order valence-electron chi connectivity index (χ3n) is 3.29. The monoisotopic (exact) mass is 362 g/mol. The molecule has 3 nitrogen and oxygen atoms in total. The summed E-state index contributed by atoms with van der Waals surface area (Å²) < 4.78 is 0.982. The molecule has 1 heterocycles. The van der Waals surface area contributed by atoms with Crippen molar-refractivity contribution in [3.63, 3.8) is 0 Å². The van der Waals surface area contributed by atoms with Crippen LogP contribution in [0, 0.1) is 6.92 Å². The van der Waals surface area contributed by atoms with Crippen molar-refractivity contribution in [2.24, 2.45) is 0 Å². The molecule has 0 saturated heterocycles. The van der Waals surface area contributed by atoms with Crippen LogP contribution in [0.1, 0.15) is 16.1 Å². The number of benzene rings is 2. The van der Waals surface area contributed by atoms with Crippen molar-refractivity contribution >= 4 is 50.0 Å². The fraction of sp³-hybridized carbons (Fsp3) is 0.0625. The number of aromatic amines is 1. The molecule has 0 unspecified atom stereocenters. The number of rotatable bonds is 2. The fourth-order valence-electron chi connectivity index (χ4n) is 2.20. The average Bonchev–Trinajstić information content (AvgIpc) is 2.87. The van der Waals surface area contributed by atoms with Crippen LogP contribution < -0.4 is 5.32 Å². The number of aryl methyl sites for hydroxylation is 1. The Labute approximate surface area is 135 Å². The van der Waals surface area contributed by atoms with E-state index in [4.69, 9.17) is 11.6 Å². The Kier molecular flexibility index (Phi) is 3.74. The standard InChI is InChI=1S/C16H12BrClN2O/c1-9-7-11(17)5-6-13(9)20-16(21)14-8-10-3-2-4-12(18)15(10)19-14/h2-8,19H,1H3,(H,20,21). The van der Waals surface area contributed by atoms with Gasteiger partial charge in [-0.1, -0.05) is 39.7 Å². The van der Waals surface area contributed by atoms with Crippen LogP contribution >= 0.6 is 27.5 Å². The van der Waals surface area contributed by atoms with Gasteiger partial charge in [0.25, 0.3) is 5.91 Å². The molecule has 0 saturated carbocycles. The summed E-state index contributed by atoms with van der Waals surface area (Å²) in [4.78, 5) is 15.4. The first-order chi connectivity index (χ1) is 10.0. The maximum Gasteiger partial charge on any atom is 0.272 e. The Morgan fingerprint density at radius 1 is 1.24 bits per heavy atom. The predicted molar refractivity (Wildman–Crippen MR) is 90.1 cm³/mol.